The summed E-state index contributed by atoms with van der Waals surface area (Å²) < 4.78 is 1.99. The summed E-state index contributed by atoms with van der Waals surface area (Å²) in [5.41, 5.74) is 3.51. The Labute approximate surface area is 155 Å². The average molecular weight is 376 g/mol. The summed E-state index contributed by atoms with van der Waals surface area (Å²) in [5, 5.41) is 13.4. The fourth-order valence-electron chi connectivity index (χ4n) is 2.69. The number of hydrogen-bond donors (Lipinski definition) is 2. The summed E-state index contributed by atoms with van der Waals surface area (Å²) in [5.74, 6) is -0.169. The van der Waals surface area contributed by atoms with Crippen LogP contribution in [0.4, 0.5) is 0 Å². The Balaban J connectivity index is 0.00000182. The number of benzene rings is 1. The quantitative estimate of drug-likeness (QED) is 0.734. The number of aromatic nitrogens is 3. The third-order valence-corrected chi connectivity index (χ3v) is 4.80. The highest BCUT2D eigenvalue weighted by Gasteiger charge is 2.14. The number of carbonyl (C=O) groups excluding carboxylic acids is 1. The van der Waals surface area contributed by atoms with E-state index in [2.05, 4.69) is 20.7 Å². The highest BCUT2D eigenvalue weighted by atomic mass is 35.5. The second kappa shape index (κ2) is 7.77. The van der Waals surface area contributed by atoms with Crippen molar-refractivity contribution in [2.75, 3.05) is 6.54 Å². The van der Waals surface area contributed by atoms with Gasteiger partial charge in [-0.15, -0.1) is 23.7 Å². The predicted octanol–water partition coefficient (Wildman–Crippen LogP) is 2.46. The Morgan fingerprint density at radius 2 is 2.16 bits per heavy atom. The van der Waals surface area contributed by atoms with Crippen LogP contribution in [-0.2, 0) is 19.6 Å². The first kappa shape index (κ1) is 17.6. The molecule has 8 heteroatoms. The zero-order valence-electron chi connectivity index (χ0n) is 13.4. The zero-order valence-corrected chi connectivity index (χ0v) is 15.1. The van der Waals surface area contributed by atoms with Crippen molar-refractivity contribution in [3.05, 3.63) is 58.9 Å². The van der Waals surface area contributed by atoms with Crippen LogP contribution in [0, 0.1) is 0 Å². The summed E-state index contributed by atoms with van der Waals surface area (Å²) in [6.45, 7) is 3.04. The molecule has 2 N–H and O–H groups in total. The van der Waals surface area contributed by atoms with E-state index in [0.717, 1.165) is 41.6 Å². The van der Waals surface area contributed by atoms with Gasteiger partial charge in [-0.2, -0.15) is 5.10 Å². The second-order valence-electron chi connectivity index (χ2n) is 5.61. The number of amides is 1. The van der Waals surface area contributed by atoms with Gasteiger partial charge in [0.15, 0.2) is 0 Å². The molecular weight excluding hydrogens is 358 g/mol. The molecule has 0 aliphatic carbocycles. The topological polar surface area (TPSA) is 71.8 Å². The molecule has 0 spiro atoms. The molecule has 130 valence electrons. The Bertz CT molecular complexity index is 838. The van der Waals surface area contributed by atoms with Gasteiger partial charge < -0.3 is 10.6 Å². The molecule has 0 saturated carbocycles. The van der Waals surface area contributed by atoms with Gasteiger partial charge in [-0.1, -0.05) is 30.3 Å². The average Bonchev–Trinajstić information content (AvgIpc) is 3.27. The lowest BCUT2D eigenvalue weighted by Gasteiger charge is -2.13. The molecule has 3 heterocycles. The minimum atomic E-state index is -0.169. The van der Waals surface area contributed by atoms with Crippen LogP contribution in [0.2, 0.25) is 0 Å². The number of halogens is 1. The van der Waals surface area contributed by atoms with Crippen LogP contribution >= 0.6 is 23.7 Å². The number of fused-ring (bicyclic) bond motifs is 1. The lowest BCUT2D eigenvalue weighted by molar-refractivity contribution is 0.0946. The molecule has 0 radical (unpaired) electrons. The van der Waals surface area contributed by atoms with Crippen molar-refractivity contribution in [2.24, 2.45) is 0 Å². The van der Waals surface area contributed by atoms with Gasteiger partial charge in [0.25, 0.3) is 5.91 Å². The number of carbonyl (C=O) groups is 1. The second-order valence-corrected chi connectivity index (χ2v) is 6.47. The van der Waals surface area contributed by atoms with E-state index in [1.54, 1.807) is 5.38 Å². The minimum absolute atomic E-state index is 0. The molecule has 25 heavy (non-hydrogen) atoms. The van der Waals surface area contributed by atoms with Crippen molar-refractivity contribution >= 4 is 29.7 Å². The maximum Gasteiger partial charge on any atom is 0.271 e. The standard InChI is InChI=1S/C17H17N5OS.ClH/c23-16(15-11-24-17(20-15)12-4-2-1-3-5-12)19-9-13-8-14-10-18-6-7-22(14)21-13;/h1-5,8,11,18H,6-7,9-10H2,(H,19,23);1H. The Morgan fingerprint density at radius 1 is 1.32 bits per heavy atom. The molecule has 1 amide bonds. The molecule has 0 fully saturated rings. The molecule has 0 atom stereocenters. The highest BCUT2D eigenvalue weighted by molar-refractivity contribution is 7.13. The van der Waals surface area contributed by atoms with E-state index < -0.39 is 0 Å². The van der Waals surface area contributed by atoms with E-state index >= 15 is 0 Å². The SMILES string of the molecule is Cl.O=C(NCc1cc2n(n1)CCNC2)c1csc(-c2ccccc2)n1. The summed E-state index contributed by atoms with van der Waals surface area (Å²) in [6, 6.07) is 11.9. The zero-order chi connectivity index (χ0) is 16.4. The molecular formula is C17H18ClN5OS. The normalized spacial score (nSPS) is 13.0. The van der Waals surface area contributed by atoms with E-state index in [0.29, 0.717) is 12.2 Å². The van der Waals surface area contributed by atoms with E-state index in [1.807, 2.05) is 41.1 Å². The molecule has 6 nitrogen and oxygen atoms in total. The van der Waals surface area contributed by atoms with E-state index in [4.69, 9.17) is 0 Å². The van der Waals surface area contributed by atoms with E-state index in [1.165, 1.54) is 11.3 Å². The van der Waals surface area contributed by atoms with Crippen molar-refractivity contribution in [3.8, 4) is 10.6 Å². The number of hydrogen-bond acceptors (Lipinski definition) is 5. The largest absolute Gasteiger partial charge is 0.345 e. The lowest BCUT2D eigenvalue weighted by Crippen LogP contribution is -2.28. The van der Waals surface area contributed by atoms with Crippen LogP contribution in [-0.4, -0.2) is 27.2 Å². The number of thiazole rings is 1. The van der Waals surface area contributed by atoms with Crippen molar-refractivity contribution < 1.29 is 4.79 Å². The summed E-state index contributed by atoms with van der Waals surface area (Å²) in [6.07, 6.45) is 0. The predicted molar refractivity (Wildman–Crippen MR) is 99.9 cm³/mol. The highest BCUT2D eigenvalue weighted by Crippen LogP contribution is 2.23. The van der Waals surface area contributed by atoms with Crippen LogP contribution in [0.5, 0.6) is 0 Å². The Morgan fingerprint density at radius 3 is 2.96 bits per heavy atom. The molecule has 4 rings (SSSR count). The first-order valence-electron chi connectivity index (χ1n) is 7.85. The van der Waals surface area contributed by atoms with Gasteiger partial charge in [-0.25, -0.2) is 4.98 Å². The van der Waals surface area contributed by atoms with Gasteiger partial charge in [0.2, 0.25) is 0 Å². The molecule has 1 aromatic carbocycles. The van der Waals surface area contributed by atoms with Crippen molar-refractivity contribution in [3.63, 3.8) is 0 Å². The maximum absolute atomic E-state index is 12.3. The molecule has 0 bridgehead atoms. The first-order chi connectivity index (χ1) is 11.8. The van der Waals surface area contributed by atoms with Crippen LogP contribution in [0.3, 0.4) is 0 Å². The van der Waals surface area contributed by atoms with Crippen molar-refractivity contribution in [1.29, 1.82) is 0 Å². The Hall–Kier alpha value is -2.22. The van der Waals surface area contributed by atoms with Gasteiger partial charge in [-0.3, -0.25) is 9.48 Å². The number of rotatable bonds is 4. The molecule has 0 saturated heterocycles. The van der Waals surface area contributed by atoms with Crippen molar-refractivity contribution in [2.45, 2.75) is 19.6 Å². The van der Waals surface area contributed by atoms with Crippen LogP contribution in [0.25, 0.3) is 10.6 Å². The van der Waals surface area contributed by atoms with Crippen LogP contribution < -0.4 is 10.6 Å². The minimum Gasteiger partial charge on any atom is -0.345 e. The monoisotopic (exact) mass is 375 g/mol. The smallest absolute Gasteiger partial charge is 0.271 e. The van der Waals surface area contributed by atoms with E-state index in [-0.39, 0.29) is 18.3 Å². The molecule has 1 aliphatic rings. The first-order valence-corrected chi connectivity index (χ1v) is 8.73. The maximum atomic E-state index is 12.3. The fourth-order valence-corrected chi connectivity index (χ4v) is 3.50. The van der Waals surface area contributed by atoms with Crippen molar-refractivity contribution in [1.82, 2.24) is 25.4 Å². The van der Waals surface area contributed by atoms with Gasteiger partial charge in [0.1, 0.15) is 10.7 Å². The van der Waals surface area contributed by atoms with Crippen LogP contribution in [0.1, 0.15) is 21.9 Å². The number of nitrogens with zero attached hydrogens (tertiary/aromatic N) is 3. The van der Waals surface area contributed by atoms with Gasteiger partial charge >= 0.3 is 0 Å². The molecule has 1 aliphatic heterocycles. The van der Waals surface area contributed by atoms with Gasteiger partial charge in [0.05, 0.1) is 24.5 Å². The van der Waals surface area contributed by atoms with E-state index in [9.17, 15) is 4.79 Å². The molecule has 2 aromatic heterocycles. The lowest BCUT2D eigenvalue weighted by atomic mass is 10.2. The fraction of sp³-hybridized carbons (Fsp3) is 0.235. The molecule has 3 aromatic rings. The molecule has 0 unspecified atom stereocenters. The van der Waals surface area contributed by atoms with Gasteiger partial charge in [-0.05, 0) is 6.07 Å². The Kier molecular flexibility index (Phi) is 5.47. The summed E-state index contributed by atoms with van der Waals surface area (Å²) in [7, 11) is 0. The summed E-state index contributed by atoms with van der Waals surface area (Å²) >= 11 is 1.47. The van der Waals surface area contributed by atoms with Gasteiger partial charge in [0, 0.05) is 24.0 Å². The third kappa shape index (κ3) is 3.89. The third-order valence-electron chi connectivity index (χ3n) is 3.91. The summed E-state index contributed by atoms with van der Waals surface area (Å²) in [4.78, 5) is 16.7. The number of nitrogens with one attached hydrogen (secondary N) is 2. The van der Waals surface area contributed by atoms with Crippen LogP contribution in [0.15, 0.2) is 41.8 Å².